The summed E-state index contributed by atoms with van der Waals surface area (Å²) in [6.45, 7) is 4.05. The van der Waals surface area contributed by atoms with Crippen LogP contribution in [0.1, 0.15) is 19.5 Å². The molecule has 0 saturated carbocycles. The van der Waals surface area contributed by atoms with E-state index in [1.807, 2.05) is 54.6 Å². The Balaban J connectivity index is 1.65. The van der Waals surface area contributed by atoms with Crippen molar-refractivity contribution in [3.05, 3.63) is 103 Å². The number of pyridine rings is 1. The average molecular weight is 510 g/mol. The zero-order valence-corrected chi connectivity index (χ0v) is 21.4. The average Bonchev–Trinajstić information content (AvgIpc) is 2.91. The number of aromatic nitrogens is 3. The van der Waals surface area contributed by atoms with Crippen LogP contribution in [-0.2, 0) is 16.6 Å². The summed E-state index contributed by atoms with van der Waals surface area (Å²) in [5.74, 6) is 1.08. The second kappa shape index (κ2) is 10.5. The standard InChI is InChI=1S/C29H27N5O2S/c1-20(2)34-37(35,36)24-14-8-12-22(18-24)28-32-26-16-9-15-25(21-10-4-3-5-11-21)27(26)29(33-28)31-19-23-13-6-7-17-30-23/h3-18,20,34H,19H2,1-2H3,(H,31,32,33). The van der Waals surface area contributed by atoms with Crippen molar-refractivity contribution in [3.8, 4) is 22.5 Å². The smallest absolute Gasteiger partial charge is 0.240 e. The van der Waals surface area contributed by atoms with Crippen LogP contribution in [0, 0.1) is 0 Å². The number of benzene rings is 3. The number of fused-ring (bicyclic) bond motifs is 1. The Morgan fingerprint density at radius 3 is 2.32 bits per heavy atom. The number of sulfonamides is 1. The van der Waals surface area contributed by atoms with Gasteiger partial charge in [0.05, 0.1) is 28.0 Å². The van der Waals surface area contributed by atoms with Crippen molar-refractivity contribution in [2.75, 3.05) is 5.32 Å². The van der Waals surface area contributed by atoms with Crippen LogP contribution in [-0.4, -0.2) is 29.4 Å². The van der Waals surface area contributed by atoms with Gasteiger partial charge in [0.25, 0.3) is 0 Å². The van der Waals surface area contributed by atoms with Gasteiger partial charge in [-0.3, -0.25) is 4.98 Å². The highest BCUT2D eigenvalue weighted by Crippen LogP contribution is 2.34. The molecule has 0 amide bonds. The van der Waals surface area contributed by atoms with Gasteiger partial charge >= 0.3 is 0 Å². The minimum Gasteiger partial charge on any atom is -0.364 e. The lowest BCUT2D eigenvalue weighted by Crippen LogP contribution is -2.30. The van der Waals surface area contributed by atoms with Crippen molar-refractivity contribution in [1.82, 2.24) is 19.7 Å². The van der Waals surface area contributed by atoms with Crippen molar-refractivity contribution in [2.24, 2.45) is 0 Å². The van der Waals surface area contributed by atoms with Gasteiger partial charge in [0, 0.05) is 17.8 Å². The van der Waals surface area contributed by atoms with Gasteiger partial charge in [-0.2, -0.15) is 0 Å². The van der Waals surface area contributed by atoms with Crippen LogP contribution >= 0.6 is 0 Å². The molecule has 2 N–H and O–H groups in total. The Morgan fingerprint density at radius 1 is 0.811 bits per heavy atom. The molecule has 8 heteroatoms. The summed E-state index contributed by atoms with van der Waals surface area (Å²) in [5.41, 5.74) is 4.30. The molecule has 0 aliphatic heterocycles. The minimum atomic E-state index is -3.66. The maximum Gasteiger partial charge on any atom is 0.240 e. The zero-order chi connectivity index (χ0) is 25.8. The van der Waals surface area contributed by atoms with Crippen LogP contribution in [0.4, 0.5) is 5.82 Å². The zero-order valence-electron chi connectivity index (χ0n) is 20.6. The van der Waals surface area contributed by atoms with Gasteiger partial charge in [-0.15, -0.1) is 0 Å². The van der Waals surface area contributed by atoms with Gasteiger partial charge in [-0.25, -0.2) is 23.1 Å². The van der Waals surface area contributed by atoms with Crippen LogP contribution in [0.2, 0.25) is 0 Å². The Morgan fingerprint density at radius 2 is 1.57 bits per heavy atom. The lowest BCUT2D eigenvalue weighted by Gasteiger charge is -2.15. The highest BCUT2D eigenvalue weighted by atomic mass is 32.2. The second-order valence-electron chi connectivity index (χ2n) is 8.94. The fourth-order valence-electron chi connectivity index (χ4n) is 4.16. The number of nitrogens with one attached hydrogen (secondary N) is 2. The SMILES string of the molecule is CC(C)NS(=O)(=O)c1cccc(-c2nc(NCc3ccccn3)c3c(-c4ccccc4)cccc3n2)c1. The quantitative estimate of drug-likeness (QED) is 0.280. The molecule has 5 aromatic rings. The molecule has 0 saturated heterocycles. The van der Waals surface area contributed by atoms with Crippen molar-refractivity contribution in [1.29, 1.82) is 0 Å². The van der Waals surface area contributed by atoms with E-state index >= 15 is 0 Å². The normalized spacial score (nSPS) is 11.6. The van der Waals surface area contributed by atoms with Gasteiger partial charge in [0.15, 0.2) is 5.82 Å². The van der Waals surface area contributed by atoms with E-state index in [0.29, 0.717) is 23.8 Å². The summed E-state index contributed by atoms with van der Waals surface area (Å²) in [6.07, 6.45) is 1.76. The molecule has 3 aromatic carbocycles. The summed E-state index contributed by atoms with van der Waals surface area (Å²) < 4.78 is 28.2. The van der Waals surface area contributed by atoms with E-state index in [9.17, 15) is 8.42 Å². The summed E-state index contributed by atoms with van der Waals surface area (Å²) in [6, 6.07) is 28.3. The highest BCUT2D eigenvalue weighted by molar-refractivity contribution is 7.89. The Hall–Kier alpha value is -4.14. The summed E-state index contributed by atoms with van der Waals surface area (Å²) in [4.78, 5) is 14.3. The topological polar surface area (TPSA) is 96.9 Å². The van der Waals surface area contributed by atoms with Crippen LogP contribution in [0.5, 0.6) is 0 Å². The predicted octanol–water partition coefficient (Wildman–Crippen LogP) is 5.66. The molecule has 0 aliphatic rings. The summed E-state index contributed by atoms with van der Waals surface area (Å²) >= 11 is 0. The largest absolute Gasteiger partial charge is 0.364 e. The van der Waals surface area contributed by atoms with E-state index < -0.39 is 10.0 Å². The van der Waals surface area contributed by atoms with E-state index in [0.717, 1.165) is 27.7 Å². The molecule has 2 heterocycles. The number of rotatable bonds is 8. The number of hydrogen-bond acceptors (Lipinski definition) is 6. The van der Waals surface area contributed by atoms with Gasteiger partial charge in [-0.1, -0.05) is 60.7 Å². The third kappa shape index (κ3) is 5.50. The third-order valence-corrected chi connectivity index (χ3v) is 7.42. The highest BCUT2D eigenvalue weighted by Gasteiger charge is 2.18. The molecule has 2 aromatic heterocycles. The number of nitrogens with zero attached hydrogens (tertiary/aromatic N) is 3. The van der Waals surface area contributed by atoms with E-state index in [1.54, 1.807) is 38.2 Å². The van der Waals surface area contributed by atoms with Gasteiger partial charge in [0.1, 0.15) is 5.82 Å². The first kappa shape index (κ1) is 24.5. The third-order valence-electron chi connectivity index (χ3n) is 5.76. The van der Waals surface area contributed by atoms with Crippen molar-refractivity contribution >= 4 is 26.7 Å². The molecule has 0 radical (unpaired) electrons. The maximum absolute atomic E-state index is 12.8. The van der Waals surface area contributed by atoms with Crippen LogP contribution in [0.3, 0.4) is 0 Å². The first-order chi connectivity index (χ1) is 17.9. The number of hydrogen-bond donors (Lipinski definition) is 2. The maximum atomic E-state index is 12.8. The van der Waals surface area contributed by atoms with Gasteiger partial charge < -0.3 is 5.32 Å². The van der Waals surface area contributed by atoms with E-state index in [4.69, 9.17) is 9.97 Å². The Bertz CT molecular complexity index is 1640. The first-order valence-corrected chi connectivity index (χ1v) is 13.5. The monoisotopic (exact) mass is 509 g/mol. The molecule has 37 heavy (non-hydrogen) atoms. The summed E-state index contributed by atoms with van der Waals surface area (Å²) in [7, 11) is -3.66. The molecule has 0 unspecified atom stereocenters. The lowest BCUT2D eigenvalue weighted by molar-refractivity contribution is 0.570. The van der Waals surface area contributed by atoms with Crippen molar-refractivity contribution < 1.29 is 8.42 Å². The molecular formula is C29H27N5O2S. The molecular weight excluding hydrogens is 482 g/mol. The Kier molecular flexibility index (Phi) is 6.94. The predicted molar refractivity (Wildman–Crippen MR) is 147 cm³/mol. The van der Waals surface area contributed by atoms with Gasteiger partial charge in [0.2, 0.25) is 10.0 Å². The second-order valence-corrected chi connectivity index (χ2v) is 10.7. The van der Waals surface area contributed by atoms with Gasteiger partial charge in [-0.05, 0) is 55.3 Å². The number of anilines is 1. The molecule has 7 nitrogen and oxygen atoms in total. The van der Waals surface area contributed by atoms with Crippen molar-refractivity contribution in [2.45, 2.75) is 31.3 Å². The molecule has 0 fully saturated rings. The van der Waals surface area contributed by atoms with E-state index in [-0.39, 0.29) is 10.9 Å². The lowest BCUT2D eigenvalue weighted by atomic mass is 10.0. The minimum absolute atomic E-state index is 0.170. The fraction of sp³-hybridized carbons (Fsp3) is 0.138. The van der Waals surface area contributed by atoms with E-state index in [1.165, 1.54) is 0 Å². The van der Waals surface area contributed by atoms with Crippen molar-refractivity contribution in [3.63, 3.8) is 0 Å². The molecule has 5 rings (SSSR count). The molecule has 0 spiro atoms. The van der Waals surface area contributed by atoms with Crippen LogP contribution in [0.25, 0.3) is 33.4 Å². The van der Waals surface area contributed by atoms with Crippen LogP contribution < -0.4 is 10.0 Å². The molecule has 0 atom stereocenters. The Labute approximate surface area is 216 Å². The fourth-order valence-corrected chi connectivity index (χ4v) is 5.45. The molecule has 0 aliphatic carbocycles. The summed E-state index contributed by atoms with van der Waals surface area (Å²) in [5, 5.41) is 4.34. The molecule has 186 valence electrons. The van der Waals surface area contributed by atoms with E-state index in [2.05, 4.69) is 33.2 Å². The first-order valence-electron chi connectivity index (χ1n) is 12.0. The molecule has 0 bridgehead atoms. The van der Waals surface area contributed by atoms with Crippen LogP contribution in [0.15, 0.2) is 102 Å².